The lowest BCUT2D eigenvalue weighted by atomic mass is 9.89. The lowest BCUT2D eigenvalue weighted by molar-refractivity contribution is -0.277. The highest BCUT2D eigenvalue weighted by Gasteiger charge is 2.44. The Morgan fingerprint density at radius 2 is 1.79 bits per heavy atom. The zero-order valence-corrected chi connectivity index (χ0v) is 18.2. The molecule has 0 radical (unpaired) electrons. The molecular formula is C23H28O10. The standard InChI is InChI=1S/C23H28O10/c1-29-15-6-5-14(22(30-2)19(15)26)12-7-11-3-4-13(8-16(11)31-10-12)32-23-21(28)20(27)18(25)17(9-24)33-23/h3-6,8,12,17-18,20-21,23-28H,7,9-10H2,1-2H3/t12?,17-,18+,20-,21-,23-/m1/s1. The summed E-state index contributed by atoms with van der Waals surface area (Å²) in [6.07, 6.45) is -6.19. The second-order valence-corrected chi connectivity index (χ2v) is 8.04. The maximum absolute atomic E-state index is 10.4. The summed E-state index contributed by atoms with van der Waals surface area (Å²) in [7, 11) is 2.95. The van der Waals surface area contributed by atoms with Crippen molar-refractivity contribution in [3.63, 3.8) is 0 Å². The fraction of sp³-hybridized carbons (Fsp3) is 0.478. The molecule has 0 spiro atoms. The largest absolute Gasteiger partial charge is 0.502 e. The van der Waals surface area contributed by atoms with E-state index in [9.17, 15) is 25.5 Å². The number of fused-ring (bicyclic) bond motifs is 1. The summed E-state index contributed by atoms with van der Waals surface area (Å²) in [5.74, 6) is 1.45. The van der Waals surface area contributed by atoms with E-state index in [2.05, 4.69) is 0 Å². The van der Waals surface area contributed by atoms with Crippen molar-refractivity contribution in [3.8, 4) is 28.7 Å². The second-order valence-electron chi connectivity index (χ2n) is 8.04. The summed E-state index contributed by atoms with van der Waals surface area (Å²) in [5, 5.41) is 49.7. The number of hydrogen-bond donors (Lipinski definition) is 5. The number of methoxy groups -OCH3 is 2. The third-order valence-electron chi connectivity index (χ3n) is 6.03. The maximum atomic E-state index is 10.4. The molecule has 0 amide bonds. The van der Waals surface area contributed by atoms with E-state index in [-0.39, 0.29) is 11.7 Å². The minimum Gasteiger partial charge on any atom is -0.502 e. The van der Waals surface area contributed by atoms with Gasteiger partial charge in [0.25, 0.3) is 0 Å². The van der Waals surface area contributed by atoms with Gasteiger partial charge in [-0.15, -0.1) is 0 Å². The highest BCUT2D eigenvalue weighted by atomic mass is 16.7. The smallest absolute Gasteiger partial charge is 0.229 e. The topological polar surface area (TPSA) is 147 Å². The molecule has 1 saturated heterocycles. The number of ether oxygens (including phenoxy) is 5. The van der Waals surface area contributed by atoms with Gasteiger partial charge in [-0.1, -0.05) is 12.1 Å². The normalized spacial score (nSPS) is 29.0. The molecule has 10 nitrogen and oxygen atoms in total. The Morgan fingerprint density at radius 3 is 2.48 bits per heavy atom. The summed E-state index contributed by atoms with van der Waals surface area (Å²) in [4.78, 5) is 0. The highest BCUT2D eigenvalue weighted by Crippen LogP contribution is 2.44. The first-order valence-corrected chi connectivity index (χ1v) is 10.5. The number of phenols is 1. The molecule has 0 aromatic heterocycles. The van der Waals surface area contributed by atoms with Gasteiger partial charge in [0.15, 0.2) is 11.5 Å². The van der Waals surface area contributed by atoms with Crippen LogP contribution in [0, 0.1) is 0 Å². The molecule has 2 aromatic rings. The average Bonchev–Trinajstić information content (AvgIpc) is 2.83. The van der Waals surface area contributed by atoms with Gasteiger partial charge in [-0.05, 0) is 24.1 Å². The number of hydrogen-bond acceptors (Lipinski definition) is 10. The van der Waals surface area contributed by atoms with E-state index in [1.54, 1.807) is 18.2 Å². The van der Waals surface area contributed by atoms with Gasteiger partial charge in [0, 0.05) is 17.5 Å². The minimum absolute atomic E-state index is 0.0634. The zero-order chi connectivity index (χ0) is 23.7. The fourth-order valence-corrected chi connectivity index (χ4v) is 4.19. The number of phenolic OH excluding ortho intramolecular Hbond substituents is 1. The van der Waals surface area contributed by atoms with Crippen molar-refractivity contribution in [2.75, 3.05) is 27.4 Å². The lowest BCUT2D eigenvalue weighted by Crippen LogP contribution is -2.60. The van der Waals surface area contributed by atoms with Gasteiger partial charge in [-0.2, -0.15) is 0 Å². The number of benzene rings is 2. The predicted molar refractivity (Wildman–Crippen MR) is 114 cm³/mol. The Kier molecular flexibility index (Phi) is 6.82. The first kappa shape index (κ1) is 23.4. The van der Waals surface area contributed by atoms with E-state index in [1.165, 1.54) is 14.2 Å². The Balaban J connectivity index is 1.50. The third-order valence-corrected chi connectivity index (χ3v) is 6.03. The Bertz CT molecular complexity index is 978. The van der Waals surface area contributed by atoms with Crippen LogP contribution in [0.2, 0.25) is 0 Å². The van der Waals surface area contributed by atoms with Crippen LogP contribution in [0.15, 0.2) is 30.3 Å². The summed E-state index contributed by atoms with van der Waals surface area (Å²) in [5.41, 5.74) is 1.70. The minimum atomic E-state index is -1.52. The van der Waals surface area contributed by atoms with Crippen LogP contribution in [-0.2, 0) is 11.2 Å². The van der Waals surface area contributed by atoms with Crippen LogP contribution in [0.4, 0.5) is 0 Å². The Labute approximate surface area is 190 Å². The monoisotopic (exact) mass is 464 g/mol. The van der Waals surface area contributed by atoms with Crippen LogP contribution in [-0.4, -0.2) is 83.7 Å². The molecule has 1 fully saturated rings. The molecule has 2 aliphatic rings. The SMILES string of the molecule is COc1ccc(C2COc3cc(O[C@@H]4O[C@H](CO)[C@H](O)[C@@H](O)[C@H]4O)ccc3C2)c(OC)c1O. The molecule has 33 heavy (non-hydrogen) atoms. The molecule has 4 rings (SSSR count). The molecule has 1 unspecified atom stereocenters. The van der Waals surface area contributed by atoms with Crippen molar-refractivity contribution in [1.29, 1.82) is 0 Å². The van der Waals surface area contributed by atoms with Gasteiger partial charge < -0.3 is 49.2 Å². The van der Waals surface area contributed by atoms with E-state index in [0.717, 1.165) is 11.1 Å². The zero-order valence-electron chi connectivity index (χ0n) is 18.2. The molecule has 180 valence electrons. The molecule has 0 bridgehead atoms. The lowest BCUT2D eigenvalue weighted by Gasteiger charge is -2.39. The molecule has 0 aliphatic carbocycles. The molecule has 2 aliphatic heterocycles. The van der Waals surface area contributed by atoms with Crippen molar-refractivity contribution in [2.24, 2.45) is 0 Å². The van der Waals surface area contributed by atoms with Gasteiger partial charge in [-0.25, -0.2) is 0 Å². The van der Waals surface area contributed by atoms with E-state index in [1.807, 2.05) is 12.1 Å². The first-order chi connectivity index (χ1) is 15.9. The van der Waals surface area contributed by atoms with E-state index in [4.69, 9.17) is 23.7 Å². The molecule has 10 heteroatoms. The van der Waals surface area contributed by atoms with Gasteiger partial charge in [0.2, 0.25) is 12.0 Å². The number of aromatic hydroxyl groups is 1. The number of aliphatic hydroxyl groups excluding tert-OH is 4. The number of aliphatic hydroxyl groups is 4. The predicted octanol–water partition coefficient (Wildman–Crippen LogP) is 0.307. The molecule has 2 heterocycles. The Morgan fingerprint density at radius 1 is 1.00 bits per heavy atom. The second kappa shape index (κ2) is 9.62. The van der Waals surface area contributed by atoms with Crippen LogP contribution in [0.5, 0.6) is 28.7 Å². The van der Waals surface area contributed by atoms with Crippen LogP contribution in [0.25, 0.3) is 0 Å². The first-order valence-electron chi connectivity index (χ1n) is 10.5. The van der Waals surface area contributed by atoms with Crippen molar-refractivity contribution in [1.82, 2.24) is 0 Å². The van der Waals surface area contributed by atoms with Crippen molar-refractivity contribution in [3.05, 3.63) is 41.5 Å². The van der Waals surface area contributed by atoms with Crippen molar-refractivity contribution in [2.45, 2.75) is 43.0 Å². The van der Waals surface area contributed by atoms with Crippen LogP contribution in [0.3, 0.4) is 0 Å². The summed E-state index contributed by atoms with van der Waals surface area (Å²) in [6, 6.07) is 8.66. The van der Waals surface area contributed by atoms with Crippen LogP contribution >= 0.6 is 0 Å². The molecule has 5 N–H and O–H groups in total. The summed E-state index contributed by atoms with van der Waals surface area (Å²) >= 11 is 0. The average molecular weight is 464 g/mol. The van der Waals surface area contributed by atoms with Crippen LogP contribution in [0.1, 0.15) is 17.0 Å². The quantitative estimate of drug-likeness (QED) is 0.405. The highest BCUT2D eigenvalue weighted by molar-refractivity contribution is 5.56. The summed E-state index contributed by atoms with van der Waals surface area (Å²) < 4.78 is 27.6. The van der Waals surface area contributed by atoms with Gasteiger partial charge in [0.05, 0.1) is 27.4 Å². The number of rotatable bonds is 6. The summed E-state index contributed by atoms with van der Waals surface area (Å²) in [6.45, 7) is -0.206. The van der Waals surface area contributed by atoms with Gasteiger partial charge >= 0.3 is 0 Å². The van der Waals surface area contributed by atoms with E-state index < -0.39 is 37.3 Å². The third kappa shape index (κ3) is 4.40. The molecule has 6 atom stereocenters. The fourth-order valence-electron chi connectivity index (χ4n) is 4.19. The molecule has 0 saturated carbocycles. The van der Waals surface area contributed by atoms with Crippen molar-refractivity contribution < 1.29 is 49.2 Å². The van der Waals surface area contributed by atoms with Crippen molar-refractivity contribution >= 4 is 0 Å². The Hall–Kier alpha value is -2.76. The maximum Gasteiger partial charge on any atom is 0.229 e. The molecule has 2 aromatic carbocycles. The molecular weight excluding hydrogens is 436 g/mol. The van der Waals surface area contributed by atoms with E-state index in [0.29, 0.717) is 36.0 Å². The van der Waals surface area contributed by atoms with Gasteiger partial charge in [-0.3, -0.25) is 0 Å². The van der Waals surface area contributed by atoms with Crippen LogP contribution < -0.4 is 18.9 Å². The van der Waals surface area contributed by atoms with E-state index >= 15 is 0 Å². The van der Waals surface area contributed by atoms with Gasteiger partial charge in [0.1, 0.15) is 35.9 Å².